The van der Waals surface area contributed by atoms with Gasteiger partial charge in [0.1, 0.15) is 6.04 Å². The van der Waals surface area contributed by atoms with Crippen LogP contribution >= 0.6 is 11.6 Å². The van der Waals surface area contributed by atoms with Crippen LogP contribution in [0, 0.1) is 6.92 Å². The van der Waals surface area contributed by atoms with E-state index in [-0.39, 0.29) is 0 Å². The Bertz CT molecular complexity index is 1370. The number of ether oxygens (including phenoxy) is 1. The van der Waals surface area contributed by atoms with Gasteiger partial charge in [0.15, 0.2) is 11.5 Å². The van der Waals surface area contributed by atoms with Crippen molar-refractivity contribution in [1.82, 2.24) is 4.72 Å². The maximum Gasteiger partial charge on any atom is 0.338 e. The van der Waals surface area contributed by atoms with Crippen molar-refractivity contribution in [2.45, 2.75) is 18.5 Å². The number of benzene rings is 4. The van der Waals surface area contributed by atoms with Crippen LogP contribution in [0.15, 0.2) is 103 Å². The number of halogens is 1. The molecule has 1 aliphatic heterocycles. The van der Waals surface area contributed by atoms with Gasteiger partial charge in [0, 0.05) is 5.02 Å². The molecule has 182 valence electrons. The smallest absolute Gasteiger partial charge is 0.338 e. The Morgan fingerprint density at radius 2 is 1.61 bits per heavy atom. The Labute approximate surface area is 219 Å². The zero-order valence-corrected chi connectivity index (χ0v) is 21.4. The molecular formula is C29H25ClN2O3S. The molecule has 0 aliphatic carbocycles. The fourth-order valence-electron chi connectivity index (χ4n) is 4.80. The van der Waals surface area contributed by atoms with E-state index >= 15 is 0 Å². The number of carbonyl (C=O) groups excluding carboxylic acids is 1. The molecule has 4 aromatic carbocycles. The molecule has 3 atom stereocenters. The van der Waals surface area contributed by atoms with Crippen molar-refractivity contribution in [3.05, 3.63) is 125 Å². The van der Waals surface area contributed by atoms with Gasteiger partial charge in [0.25, 0.3) is 0 Å². The highest BCUT2D eigenvalue weighted by atomic mass is 35.5. The minimum absolute atomic E-state index is 0.532. The molecule has 0 amide bonds. The minimum Gasteiger partial charge on any atom is -0.573 e. The number of rotatable bonds is 5. The van der Waals surface area contributed by atoms with Gasteiger partial charge >= 0.3 is 5.97 Å². The van der Waals surface area contributed by atoms with E-state index in [0.717, 1.165) is 22.3 Å². The Hall–Kier alpha value is -3.29. The van der Waals surface area contributed by atoms with Gasteiger partial charge in [-0.2, -0.15) is 4.31 Å². The topological polar surface area (TPSA) is 64.6 Å². The number of aryl methyl sites for hydroxylation is 1. The first kappa shape index (κ1) is 24.4. The number of nitrogens with one attached hydrogen (secondary N) is 1. The minimum atomic E-state index is -1.76. The van der Waals surface area contributed by atoms with Crippen LogP contribution in [0.1, 0.15) is 22.7 Å². The monoisotopic (exact) mass is 516 g/mol. The molecule has 7 heteroatoms. The molecule has 36 heavy (non-hydrogen) atoms. The molecule has 1 saturated heterocycles. The van der Waals surface area contributed by atoms with Crippen molar-refractivity contribution in [1.29, 1.82) is 0 Å². The predicted molar refractivity (Wildman–Crippen MR) is 145 cm³/mol. The lowest BCUT2D eigenvalue weighted by atomic mass is 9.77. The average molecular weight is 517 g/mol. The molecule has 0 bridgehead atoms. The maximum atomic E-state index is 13.9. The first-order chi connectivity index (χ1) is 17.5. The van der Waals surface area contributed by atoms with Crippen LogP contribution in [0.5, 0.6) is 0 Å². The highest BCUT2D eigenvalue weighted by molar-refractivity contribution is 7.91. The van der Waals surface area contributed by atoms with Crippen molar-refractivity contribution in [2.75, 3.05) is 11.4 Å². The van der Waals surface area contributed by atoms with Gasteiger partial charge in [0.05, 0.1) is 12.8 Å². The summed E-state index contributed by atoms with van der Waals surface area (Å²) in [5.74, 6) is -0.532. The number of nitrogens with zero attached hydrogens (tertiary/aromatic N) is 1. The first-order valence-corrected chi connectivity index (χ1v) is 13.0. The average Bonchev–Trinajstić information content (AvgIpc) is 3.23. The highest BCUT2D eigenvalue weighted by Crippen LogP contribution is 2.51. The van der Waals surface area contributed by atoms with E-state index in [9.17, 15) is 9.35 Å². The van der Waals surface area contributed by atoms with Gasteiger partial charge in [0.2, 0.25) is 5.54 Å². The largest absolute Gasteiger partial charge is 0.573 e. The quantitative estimate of drug-likeness (QED) is 0.256. The van der Waals surface area contributed by atoms with Gasteiger partial charge < -0.3 is 9.29 Å². The Kier molecular flexibility index (Phi) is 6.77. The van der Waals surface area contributed by atoms with Gasteiger partial charge in [-0.3, -0.25) is 0 Å². The number of carbonyl (C=O) groups is 1. The van der Waals surface area contributed by atoms with Crippen LogP contribution < -0.4 is 9.03 Å². The van der Waals surface area contributed by atoms with Crippen LogP contribution in [0.3, 0.4) is 0 Å². The molecule has 0 saturated carbocycles. The third-order valence-corrected chi connectivity index (χ3v) is 8.00. The third-order valence-electron chi connectivity index (χ3n) is 6.49. The summed E-state index contributed by atoms with van der Waals surface area (Å²) in [6.45, 7) is 2.00. The number of esters is 1. The van der Waals surface area contributed by atoms with Gasteiger partial charge in [-0.05, 0) is 53.4 Å². The Balaban J connectivity index is 1.83. The lowest BCUT2D eigenvalue weighted by Crippen LogP contribution is -2.50. The number of hydrogen-bond donors (Lipinski definition) is 1. The zero-order valence-electron chi connectivity index (χ0n) is 19.9. The molecule has 1 heterocycles. The summed E-state index contributed by atoms with van der Waals surface area (Å²) in [4.78, 5) is 13.7. The molecule has 1 fully saturated rings. The first-order valence-electron chi connectivity index (χ1n) is 11.5. The summed E-state index contributed by atoms with van der Waals surface area (Å²) in [6, 6.07) is 31.8. The molecular weight excluding hydrogens is 492 g/mol. The second kappa shape index (κ2) is 9.99. The number of anilines is 1. The Morgan fingerprint density at radius 1 is 0.972 bits per heavy atom. The molecule has 4 aromatic rings. The van der Waals surface area contributed by atoms with Crippen LogP contribution in [-0.4, -0.2) is 17.6 Å². The molecule has 0 unspecified atom stereocenters. The summed E-state index contributed by atoms with van der Waals surface area (Å²) < 4.78 is 24.1. The summed E-state index contributed by atoms with van der Waals surface area (Å²) in [5, 5.41) is 0.565. The molecule has 1 aliphatic rings. The highest BCUT2D eigenvalue weighted by Gasteiger charge is 2.64. The SMILES string of the molecule is COC(=O)[C@@]1(c2ccccc2)N[S@+]([O-])N(c2ccc(C)cc2)[C@H]1c1ccc(Cl)cc1-c1ccccc1. The fraction of sp³-hybridized carbons (Fsp3) is 0.138. The van der Waals surface area contributed by atoms with Crippen molar-refractivity contribution in [2.24, 2.45) is 0 Å². The fourth-order valence-corrected chi connectivity index (χ4v) is 6.43. The lowest BCUT2D eigenvalue weighted by molar-refractivity contribution is -0.148. The van der Waals surface area contributed by atoms with Crippen molar-refractivity contribution in [3.8, 4) is 11.1 Å². The summed E-state index contributed by atoms with van der Waals surface area (Å²) in [6.07, 6.45) is 0. The van der Waals surface area contributed by atoms with Crippen LogP contribution in [0.2, 0.25) is 5.02 Å². The predicted octanol–water partition coefficient (Wildman–Crippen LogP) is 6.11. The van der Waals surface area contributed by atoms with E-state index in [4.69, 9.17) is 16.3 Å². The van der Waals surface area contributed by atoms with Gasteiger partial charge in [-0.1, -0.05) is 101 Å². The van der Waals surface area contributed by atoms with Crippen molar-refractivity contribution in [3.63, 3.8) is 0 Å². The second-order valence-electron chi connectivity index (χ2n) is 8.68. The van der Waals surface area contributed by atoms with Crippen LogP contribution in [-0.2, 0) is 26.6 Å². The van der Waals surface area contributed by atoms with Crippen LogP contribution in [0.4, 0.5) is 5.69 Å². The standard InChI is InChI=1S/C29H25ClN2O3S/c1-20-13-16-24(17-14-20)32-27(25-18-15-23(30)19-26(25)21-9-5-3-6-10-21)29(28(33)35-2,31-36(32)34)22-11-7-4-8-12-22/h3-19,27,31H,1-2H3/t27-,29-,36-/m0/s1. The third kappa shape index (κ3) is 4.16. The summed E-state index contributed by atoms with van der Waals surface area (Å²) in [7, 11) is 1.35. The molecule has 5 nitrogen and oxygen atoms in total. The summed E-state index contributed by atoms with van der Waals surface area (Å²) in [5.41, 5.74) is 3.55. The molecule has 0 aromatic heterocycles. The van der Waals surface area contributed by atoms with Gasteiger partial charge in [-0.15, -0.1) is 0 Å². The van der Waals surface area contributed by atoms with E-state index < -0.39 is 29.1 Å². The summed E-state index contributed by atoms with van der Waals surface area (Å²) >= 11 is 4.71. The molecule has 5 rings (SSSR count). The van der Waals surface area contributed by atoms with Crippen molar-refractivity contribution >= 4 is 34.8 Å². The maximum absolute atomic E-state index is 13.9. The second-order valence-corrected chi connectivity index (χ2v) is 10.2. The zero-order chi connectivity index (χ0) is 25.3. The van der Waals surface area contributed by atoms with E-state index in [1.807, 2.05) is 104 Å². The van der Waals surface area contributed by atoms with E-state index in [1.165, 1.54) is 7.11 Å². The molecule has 0 radical (unpaired) electrons. The van der Waals surface area contributed by atoms with E-state index in [2.05, 4.69) is 4.72 Å². The molecule has 0 spiro atoms. The lowest BCUT2D eigenvalue weighted by Gasteiger charge is -2.33. The van der Waals surface area contributed by atoms with Crippen molar-refractivity contribution < 1.29 is 14.1 Å². The Morgan fingerprint density at radius 3 is 2.25 bits per heavy atom. The van der Waals surface area contributed by atoms with E-state index in [0.29, 0.717) is 16.3 Å². The number of hydrogen-bond acceptors (Lipinski definition) is 5. The van der Waals surface area contributed by atoms with E-state index in [1.54, 1.807) is 10.4 Å². The normalized spacial score (nSPS) is 21.4. The number of methoxy groups -OCH3 is 1. The molecule has 1 N–H and O–H groups in total. The van der Waals surface area contributed by atoms with Crippen LogP contribution in [0.25, 0.3) is 11.1 Å². The van der Waals surface area contributed by atoms with Gasteiger partial charge in [-0.25, -0.2) is 4.79 Å².